The first kappa shape index (κ1) is 9.46. The predicted octanol–water partition coefficient (Wildman–Crippen LogP) is 0.661. The van der Waals surface area contributed by atoms with Gasteiger partial charge in [0.15, 0.2) is 5.56 Å². The second-order valence-electron chi connectivity index (χ2n) is 1.70. The third-order valence-electron chi connectivity index (χ3n) is 0.755. The van der Waals surface area contributed by atoms with Crippen molar-refractivity contribution < 1.29 is 14.6 Å². The Bertz CT molecular complexity index is 133. The number of hydrogen-bond donors (Lipinski definition) is 1. The molecule has 2 atom stereocenters. The fourth-order valence-electron chi connectivity index (χ4n) is 0.258. The number of aliphatic hydroxyl groups is 1. The van der Waals surface area contributed by atoms with Crippen LogP contribution in [0.5, 0.6) is 0 Å². The molecule has 0 saturated heterocycles. The fraction of sp³-hybridized carbons (Fsp3) is 0.500. The summed E-state index contributed by atoms with van der Waals surface area (Å²) in [5.41, 5.74) is -0.859. The first-order chi connectivity index (χ1) is 4.57. The predicted molar refractivity (Wildman–Crippen MR) is 37.6 cm³/mol. The summed E-state index contributed by atoms with van der Waals surface area (Å²) in [6.45, 7) is 4.58. The Morgan fingerprint density at radius 2 is 2.40 bits per heavy atom. The molecule has 3 nitrogen and oxygen atoms in total. The van der Waals surface area contributed by atoms with Crippen LogP contribution in [0, 0.1) is 0 Å². The average Bonchev–Trinajstić information content (AvgIpc) is 1.87. The second kappa shape index (κ2) is 4.30. The van der Waals surface area contributed by atoms with E-state index in [-0.39, 0.29) is 0 Å². The van der Waals surface area contributed by atoms with Crippen molar-refractivity contribution in [2.45, 2.75) is 18.6 Å². The molecule has 2 unspecified atom stereocenters. The largest absolute Gasteiger partial charge is 0.440 e. The molecule has 0 saturated carbocycles. The van der Waals surface area contributed by atoms with E-state index in [4.69, 9.17) is 16.7 Å². The number of rotatable bonds is 3. The number of ether oxygens (including phenoxy) is 1. The lowest BCUT2D eigenvalue weighted by Gasteiger charge is -2.07. The Morgan fingerprint density at radius 3 is 2.70 bits per heavy atom. The molecular weight excluding hydrogens is 156 g/mol. The Hall–Kier alpha value is -0.540. The van der Waals surface area contributed by atoms with Gasteiger partial charge in [-0.3, -0.25) is 0 Å². The van der Waals surface area contributed by atoms with Gasteiger partial charge < -0.3 is 9.84 Å². The summed E-state index contributed by atoms with van der Waals surface area (Å²) in [5.74, 6) is -0.750. The zero-order valence-corrected chi connectivity index (χ0v) is 6.34. The monoisotopic (exact) mass is 164 g/mol. The minimum Gasteiger partial charge on any atom is -0.440 e. The quantitative estimate of drug-likeness (QED) is 0.379. The van der Waals surface area contributed by atoms with E-state index in [2.05, 4.69) is 11.3 Å². The molecule has 58 valence electrons. The van der Waals surface area contributed by atoms with Gasteiger partial charge in [0.25, 0.3) is 0 Å². The van der Waals surface area contributed by atoms with Crippen LogP contribution in [0.2, 0.25) is 0 Å². The molecule has 0 fully saturated rings. The average molecular weight is 165 g/mol. The zero-order valence-electron chi connectivity index (χ0n) is 5.58. The van der Waals surface area contributed by atoms with Crippen LogP contribution in [-0.2, 0) is 9.53 Å². The van der Waals surface area contributed by atoms with Gasteiger partial charge in [-0.2, -0.15) is 0 Å². The van der Waals surface area contributed by atoms with Gasteiger partial charge in [-0.1, -0.05) is 18.2 Å². The highest BCUT2D eigenvalue weighted by atomic mass is 35.5. The van der Waals surface area contributed by atoms with Crippen LogP contribution in [0.4, 0.5) is 0 Å². The molecular formula is C6H9ClO3. The Labute approximate surface area is 64.2 Å². The highest BCUT2D eigenvalue weighted by molar-refractivity contribution is 6.21. The molecule has 0 radical (unpaired) electrons. The van der Waals surface area contributed by atoms with Crippen LogP contribution in [0.1, 0.15) is 6.92 Å². The molecule has 0 aliphatic heterocycles. The number of hydrogen-bond acceptors (Lipinski definition) is 3. The number of aliphatic hydroxyl groups excluding tert-OH is 1. The van der Waals surface area contributed by atoms with E-state index in [0.717, 1.165) is 0 Å². The summed E-state index contributed by atoms with van der Waals surface area (Å²) in [7, 11) is 0. The molecule has 0 heterocycles. The summed E-state index contributed by atoms with van der Waals surface area (Å²) in [4.78, 5) is 10.5. The van der Waals surface area contributed by atoms with Gasteiger partial charge in [-0.15, -0.1) is 0 Å². The highest BCUT2D eigenvalue weighted by Crippen LogP contribution is 2.00. The van der Waals surface area contributed by atoms with Crippen LogP contribution in [0.25, 0.3) is 0 Å². The van der Waals surface area contributed by atoms with Gasteiger partial charge in [-0.05, 0) is 13.0 Å². The maximum absolute atomic E-state index is 10.5. The van der Waals surface area contributed by atoms with Crippen molar-refractivity contribution in [3.63, 3.8) is 0 Å². The normalized spacial score (nSPS) is 15.5. The van der Waals surface area contributed by atoms with Crippen molar-refractivity contribution >= 4 is 17.6 Å². The minimum absolute atomic E-state index is 0.750. The van der Waals surface area contributed by atoms with E-state index in [9.17, 15) is 4.79 Å². The molecule has 0 aliphatic rings. The van der Waals surface area contributed by atoms with Crippen molar-refractivity contribution in [3.05, 3.63) is 12.7 Å². The lowest BCUT2D eigenvalue weighted by molar-refractivity contribution is -0.152. The maximum Gasteiger partial charge on any atom is 0.336 e. The van der Waals surface area contributed by atoms with Crippen LogP contribution >= 0.6 is 11.6 Å². The second-order valence-corrected chi connectivity index (χ2v) is 2.13. The van der Waals surface area contributed by atoms with Gasteiger partial charge in [0.2, 0.25) is 0 Å². The van der Waals surface area contributed by atoms with E-state index in [1.54, 1.807) is 0 Å². The van der Waals surface area contributed by atoms with Crippen LogP contribution in [0.3, 0.4) is 0 Å². The topological polar surface area (TPSA) is 46.5 Å². The lowest BCUT2D eigenvalue weighted by Crippen LogP contribution is -2.21. The summed E-state index contributed by atoms with van der Waals surface area (Å²) in [6.07, 6.45) is 0.114. The minimum atomic E-state index is -1.14. The summed E-state index contributed by atoms with van der Waals surface area (Å²) in [6, 6.07) is 0. The number of carbonyl (C=O) groups is 1. The molecule has 0 spiro atoms. The summed E-state index contributed by atoms with van der Waals surface area (Å²) in [5, 5.41) is 8.60. The van der Waals surface area contributed by atoms with E-state index >= 15 is 0 Å². The maximum atomic E-state index is 10.5. The number of carbonyl (C=O) groups excluding carboxylic acids is 1. The summed E-state index contributed by atoms with van der Waals surface area (Å²) < 4.78 is 4.42. The number of alkyl halides is 1. The van der Waals surface area contributed by atoms with E-state index < -0.39 is 17.6 Å². The van der Waals surface area contributed by atoms with Gasteiger partial charge in [0, 0.05) is 0 Å². The van der Waals surface area contributed by atoms with Gasteiger partial charge in [0.1, 0.15) is 6.10 Å². The third kappa shape index (κ3) is 3.48. The highest BCUT2D eigenvalue weighted by Gasteiger charge is 2.12. The third-order valence-corrected chi connectivity index (χ3v) is 1.02. The molecule has 0 aliphatic carbocycles. The van der Waals surface area contributed by atoms with Crippen molar-refractivity contribution in [3.8, 4) is 0 Å². The molecule has 1 N–H and O–H groups in total. The molecule has 0 rings (SSSR count). The molecule has 0 bridgehead atoms. The SMILES string of the molecule is C=CC(Cl)OC(=O)C(C)O. The molecule has 4 heteroatoms. The van der Waals surface area contributed by atoms with E-state index in [1.165, 1.54) is 13.0 Å². The van der Waals surface area contributed by atoms with Crippen molar-refractivity contribution in [1.82, 2.24) is 0 Å². The van der Waals surface area contributed by atoms with E-state index in [1.807, 2.05) is 0 Å². The fourth-order valence-corrected chi connectivity index (χ4v) is 0.345. The summed E-state index contributed by atoms with van der Waals surface area (Å²) >= 11 is 5.33. The molecule has 0 aromatic heterocycles. The Morgan fingerprint density at radius 1 is 1.90 bits per heavy atom. The van der Waals surface area contributed by atoms with Crippen molar-refractivity contribution in [1.29, 1.82) is 0 Å². The first-order valence-corrected chi connectivity index (χ1v) is 3.16. The van der Waals surface area contributed by atoms with Crippen LogP contribution in [0.15, 0.2) is 12.7 Å². The zero-order chi connectivity index (χ0) is 8.15. The van der Waals surface area contributed by atoms with Crippen LogP contribution in [-0.4, -0.2) is 22.7 Å². The molecule has 0 amide bonds. The molecule has 10 heavy (non-hydrogen) atoms. The van der Waals surface area contributed by atoms with Crippen molar-refractivity contribution in [2.24, 2.45) is 0 Å². The Balaban J connectivity index is 3.68. The first-order valence-electron chi connectivity index (χ1n) is 2.73. The number of esters is 1. The van der Waals surface area contributed by atoms with Gasteiger partial charge in [0.05, 0.1) is 0 Å². The standard InChI is InChI=1S/C6H9ClO3/c1-3-5(7)10-6(9)4(2)8/h3-5,8H,1H2,2H3. The lowest BCUT2D eigenvalue weighted by atomic mass is 10.4. The van der Waals surface area contributed by atoms with Crippen molar-refractivity contribution in [2.75, 3.05) is 0 Å². The van der Waals surface area contributed by atoms with Crippen LogP contribution < -0.4 is 0 Å². The molecule has 0 aromatic rings. The molecule has 0 aromatic carbocycles. The van der Waals surface area contributed by atoms with Gasteiger partial charge >= 0.3 is 5.97 Å². The smallest absolute Gasteiger partial charge is 0.336 e. The number of halogens is 1. The van der Waals surface area contributed by atoms with Gasteiger partial charge in [-0.25, -0.2) is 4.79 Å². The Kier molecular flexibility index (Phi) is 4.07. The van der Waals surface area contributed by atoms with E-state index in [0.29, 0.717) is 0 Å².